The molecule has 0 saturated carbocycles. The molecule has 0 atom stereocenters. The Bertz CT molecular complexity index is 1070. The number of benzene rings is 1. The number of aromatic nitrogens is 2. The number of hydrogen-bond acceptors (Lipinski definition) is 5. The number of rotatable bonds is 7. The van der Waals surface area contributed by atoms with E-state index < -0.39 is 9.84 Å². The van der Waals surface area contributed by atoms with E-state index in [4.69, 9.17) is 4.74 Å². The summed E-state index contributed by atoms with van der Waals surface area (Å²) in [4.78, 5) is 13.6. The SMILES string of the molecule is CC(C)=C(C)c1c(S(C)(=O)=O)ccc(C(=O)c2cnn(C)c2OCC(C)C)c1C. The zero-order chi connectivity index (χ0) is 22.1. The Balaban J connectivity index is 2.67. The van der Waals surface area contributed by atoms with Gasteiger partial charge < -0.3 is 4.74 Å². The van der Waals surface area contributed by atoms with E-state index in [9.17, 15) is 13.2 Å². The molecule has 1 heterocycles. The van der Waals surface area contributed by atoms with Crippen molar-refractivity contribution in [3.8, 4) is 5.88 Å². The number of ketones is 1. The van der Waals surface area contributed by atoms with E-state index in [0.717, 1.165) is 11.1 Å². The van der Waals surface area contributed by atoms with Crippen LogP contribution in [0.2, 0.25) is 0 Å². The smallest absolute Gasteiger partial charge is 0.223 e. The lowest BCUT2D eigenvalue weighted by atomic mass is 9.91. The van der Waals surface area contributed by atoms with Crippen LogP contribution < -0.4 is 4.74 Å². The molecule has 29 heavy (non-hydrogen) atoms. The highest BCUT2D eigenvalue weighted by Gasteiger charge is 2.25. The largest absolute Gasteiger partial charge is 0.477 e. The van der Waals surface area contributed by atoms with Crippen LogP contribution in [0.3, 0.4) is 0 Å². The van der Waals surface area contributed by atoms with Crippen molar-refractivity contribution in [1.82, 2.24) is 9.78 Å². The molecule has 0 amide bonds. The van der Waals surface area contributed by atoms with E-state index in [2.05, 4.69) is 5.10 Å². The van der Waals surface area contributed by atoms with E-state index in [1.54, 1.807) is 20.0 Å². The monoisotopic (exact) mass is 418 g/mol. The normalized spacial score (nSPS) is 11.6. The summed E-state index contributed by atoms with van der Waals surface area (Å²) in [5.74, 6) is 0.476. The van der Waals surface area contributed by atoms with Crippen LogP contribution in [-0.4, -0.2) is 36.8 Å². The summed E-state index contributed by atoms with van der Waals surface area (Å²) >= 11 is 0. The van der Waals surface area contributed by atoms with Crippen molar-refractivity contribution in [2.45, 2.75) is 46.4 Å². The van der Waals surface area contributed by atoms with E-state index in [1.165, 1.54) is 23.2 Å². The third kappa shape index (κ3) is 4.78. The number of carbonyl (C=O) groups excluding carboxylic acids is 1. The molecule has 2 rings (SSSR count). The molecule has 0 aliphatic carbocycles. The van der Waals surface area contributed by atoms with Crippen molar-refractivity contribution < 1.29 is 17.9 Å². The molecule has 1 aromatic heterocycles. The Kier molecular flexibility index (Phi) is 6.73. The quantitative estimate of drug-likeness (QED) is 0.630. The molecule has 2 aromatic rings. The van der Waals surface area contributed by atoms with Crippen molar-refractivity contribution in [3.63, 3.8) is 0 Å². The van der Waals surface area contributed by atoms with Crippen LogP contribution in [0.5, 0.6) is 5.88 Å². The molecule has 0 unspecified atom stereocenters. The Morgan fingerprint density at radius 3 is 2.31 bits per heavy atom. The van der Waals surface area contributed by atoms with Crippen molar-refractivity contribution in [3.05, 3.63) is 46.2 Å². The number of ether oxygens (including phenoxy) is 1. The van der Waals surface area contributed by atoms with Gasteiger partial charge in [0.15, 0.2) is 15.6 Å². The number of allylic oxidation sites excluding steroid dienone is 2. The average molecular weight is 419 g/mol. The van der Waals surface area contributed by atoms with Crippen LogP contribution in [0, 0.1) is 12.8 Å². The lowest BCUT2D eigenvalue weighted by Gasteiger charge is -2.17. The van der Waals surface area contributed by atoms with Crippen LogP contribution in [-0.2, 0) is 16.9 Å². The van der Waals surface area contributed by atoms with Crippen molar-refractivity contribution in [1.29, 1.82) is 0 Å². The Labute approximate surface area is 173 Å². The lowest BCUT2D eigenvalue weighted by molar-refractivity contribution is 0.103. The molecule has 0 fully saturated rings. The topological polar surface area (TPSA) is 78.3 Å². The minimum absolute atomic E-state index is 0.229. The minimum atomic E-state index is -3.45. The molecule has 1 aromatic carbocycles. The van der Waals surface area contributed by atoms with E-state index in [-0.39, 0.29) is 10.7 Å². The fraction of sp³-hybridized carbons (Fsp3) is 0.455. The zero-order valence-corrected chi connectivity index (χ0v) is 19.3. The predicted molar refractivity (Wildman–Crippen MR) is 115 cm³/mol. The average Bonchev–Trinajstić information content (AvgIpc) is 2.98. The number of nitrogens with zero attached hydrogens (tertiary/aromatic N) is 2. The van der Waals surface area contributed by atoms with Gasteiger partial charge in [0.25, 0.3) is 0 Å². The maximum absolute atomic E-state index is 13.4. The van der Waals surface area contributed by atoms with Crippen LogP contribution >= 0.6 is 0 Å². The van der Waals surface area contributed by atoms with Gasteiger partial charge in [-0.1, -0.05) is 19.4 Å². The van der Waals surface area contributed by atoms with Gasteiger partial charge in [-0.15, -0.1) is 0 Å². The van der Waals surface area contributed by atoms with Gasteiger partial charge in [-0.05, 0) is 62.4 Å². The second-order valence-electron chi connectivity index (χ2n) is 8.03. The molecule has 6 nitrogen and oxygen atoms in total. The molecule has 7 heteroatoms. The van der Waals surface area contributed by atoms with Gasteiger partial charge in [-0.2, -0.15) is 5.10 Å². The predicted octanol–water partition coefficient (Wildman–Crippen LogP) is 4.21. The van der Waals surface area contributed by atoms with Crippen LogP contribution in [0.25, 0.3) is 5.57 Å². The first-order chi connectivity index (χ1) is 13.4. The zero-order valence-electron chi connectivity index (χ0n) is 18.5. The van der Waals surface area contributed by atoms with Crippen LogP contribution in [0.1, 0.15) is 61.7 Å². The third-order valence-corrected chi connectivity index (χ3v) is 6.02. The summed E-state index contributed by atoms with van der Waals surface area (Å²) in [5.41, 5.74) is 3.87. The highest BCUT2D eigenvalue weighted by atomic mass is 32.2. The third-order valence-electron chi connectivity index (χ3n) is 4.88. The second-order valence-corrected chi connectivity index (χ2v) is 10.0. The van der Waals surface area contributed by atoms with Gasteiger partial charge in [-0.25, -0.2) is 13.1 Å². The molecule has 0 spiro atoms. The van der Waals surface area contributed by atoms with Gasteiger partial charge >= 0.3 is 0 Å². The summed E-state index contributed by atoms with van der Waals surface area (Å²) in [6, 6.07) is 3.09. The van der Waals surface area contributed by atoms with E-state index in [0.29, 0.717) is 40.7 Å². The fourth-order valence-electron chi connectivity index (χ4n) is 3.10. The fourth-order valence-corrected chi connectivity index (χ4v) is 4.09. The summed E-state index contributed by atoms with van der Waals surface area (Å²) in [5, 5.41) is 4.18. The van der Waals surface area contributed by atoms with Gasteiger partial charge in [0, 0.05) is 18.9 Å². The van der Waals surface area contributed by atoms with Gasteiger partial charge in [0.05, 0.1) is 17.7 Å². The summed E-state index contributed by atoms with van der Waals surface area (Å²) in [6.07, 6.45) is 2.68. The number of sulfone groups is 1. The Morgan fingerprint density at radius 2 is 1.79 bits per heavy atom. The minimum Gasteiger partial charge on any atom is -0.477 e. The summed E-state index contributed by atoms with van der Waals surface area (Å²) in [6.45, 7) is 12.0. The molecule has 0 radical (unpaired) electrons. The second kappa shape index (κ2) is 8.53. The molecular weight excluding hydrogens is 388 g/mol. The summed E-state index contributed by atoms with van der Waals surface area (Å²) in [7, 11) is -1.72. The first kappa shape index (κ1) is 22.9. The highest BCUT2D eigenvalue weighted by Crippen LogP contribution is 2.33. The van der Waals surface area contributed by atoms with Crippen LogP contribution in [0.15, 0.2) is 28.8 Å². The van der Waals surface area contributed by atoms with Gasteiger partial charge in [-0.3, -0.25) is 4.79 Å². The van der Waals surface area contributed by atoms with Crippen molar-refractivity contribution >= 4 is 21.2 Å². The molecule has 0 aliphatic rings. The highest BCUT2D eigenvalue weighted by molar-refractivity contribution is 7.90. The molecule has 0 aliphatic heterocycles. The van der Waals surface area contributed by atoms with E-state index in [1.807, 2.05) is 34.6 Å². The lowest BCUT2D eigenvalue weighted by Crippen LogP contribution is -2.13. The maximum atomic E-state index is 13.4. The standard InChI is InChI=1S/C22H30N2O4S/c1-13(2)12-28-22-18(11-23-24(22)7)21(25)17-9-10-19(29(8,26)27)20(16(17)6)15(5)14(3)4/h9-11,13H,12H2,1-8H3. The molecule has 0 N–H and O–H groups in total. The van der Waals surface area contributed by atoms with Gasteiger partial charge in [0.2, 0.25) is 5.88 Å². The summed E-state index contributed by atoms with van der Waals surface area (Å²) < 4.78 is 32.1. The molecule has 158 valence electrons. The number of aryl methyl sites for hydroxylation is 1. The number of hydrogen-bond donors (Lipinski definition) is 0. The first-order valence-corrected chi connectivity index (χ1v) is 11.4. The van der Waals surface area contributed by atoms with Gasteiger partial charge in [0.1, 0.15) is 5.56 Å². The Morgan fingerprint density at radius 1 is 1.17 bits per heavy atom. The number of carbonyl (C=O) groups is 1. The Hall–Kier alpha value is -2.41. The molecular formula is C22H30N2O4S. The van der Waals surface area contributed by atoms with Crippen LogP contribution in [0.4, 0.5) is 0 Å². The maximum Gasteiger partial charge on any atom is 0.223 e. The van der Waals surface area contributed by atoms with Crippen molar-refractivity contribution in [2.24, 2.45) is 13.0 Å². The first-order valence-electron chi connectivity index (χ1n) is 9.53. The van der Waals surface area contributed by atoms with Crippen molar-refractivity contribution in [2.75, 3.05) is 12.9 Å². The molecule has 0 bridgehead atoms. The van der Waals surface area contributed by atoms with E-state index >= 15 is 0 Å². The molecule has 0 saturated heterocycles.